The summed E-state index contributed by atoms with van der Waals surface area (Å²) in [6.07, 6.45) is 0. The van der Waals surface area contributed by atoms with Crippen LogP contribution in [0.25, 0.3) is 0 Å². The van der Waals surface area contributed by atoms with E-state index in [1.165, 1.54) is 0 Å². The van der Waals surface area contributed by atoms with Gasteiger partial charge in [-0.25, -0.2) is 9.97 Å². The molecule has 1 aliphatic heterocycles. The summed E-state index contributed by atoms with van der Waals surface area (Å²) in [6.45, 7) is 7.27. The summed E-state index contributed by atoms with van der Waals surface area (Å²) in [6, 6.07) is 5.55. The second-order valence-corrected chi connectivity index (χ2v) is 5.74. The molecule has 1 fully saturated rings. The number of amides is 1. The normalized spacial score (nSPS) is 14.6. The highest BCUT2D eigenvalue weighted by Crippen LogP contribution is 2.18. The summed E-state index contributed by atoms with van der Waals surface area (Å²) in [5.41, 5.74) is 1.31. The van der Waals surface area contributed by atoms with Gasteiger partial charge in [-0.05, 0) is 26.0 Å². The van der Waals surface area contributed by atoms with Crippen molar-refractivity contribution < 1.29 is 4.79 Å². The van der Waals surface area contributed by atoms with Gasteiger partial charge in [0, 0.05) is 45.0 Å². The zero-order chi connectivity index (χ0) is 17.1. The van der Waals surface area contributed by atoms with E-state index < -0.39 is 0 Å². The highest BCUT2D eigenvalue weighted by Gasteiger charge is 2.20. The average Bonchev–Trinajstić information content (AvgIpc) is 2.60. The van der Waals surface area contributed by atoms with Crippen LogP contribution >= 0.6 is 0 Å². The summed E-state index contributed by atoms with van der Waals surface area (Å²) in [5, 5.41) is 10.7. The minimum atomic E-state index is -0.228. The Morgan fingerprint density at radius 2 is 1.67 bits per heavy atom. The first-order chi connectivity index (χ1) is 11.6. The Balaban J connectivity index is 1.65. The first-order valence-corrected chi connectivity index (χ1v) is 7.95. The van der Waals surface area contributed by atoms with Crippen LogP contribution in [0.15, 0.2) is 18.2 Å². The Morgan fingerprint density at radius 3 is 2.21 bits per heavy atom. The van der Waals surface area contributed by atoms with Crippen molar-refractivity contribution >= 4 is 17.5 Å². The van der Waals surface area contributed by atoms with Crippen LogP contribution in [-0.2, 0) is 0 Å². The Hall–Kier alpha value is -2.77. The molecule has 1 aliphatic rings. The van der Waals surface area contributed by atoms with E-state index in [0.29, 0.717) is 5.69 Å². The summed E-state index contributed by atoms with van der Waals surface area (Å²) in [5.74, 6) is 2.33. The molecule has 2 aromatic rings. The van der Waals surface area contributed by atoms with E-state index in [0.717, 1.165) is 49.3 Å². The minimum Gasteiger partial charge on any atom is -0.354 e. The van der Waals surface area contributed by atoms with Gasteiger partial charge in [0.15, 0.2) is 11.5 Å². The number of nitrogens with zero attached hydrogens (tertiary/aromatic N) is 6. The second-order valence-electron chi connectivity index (χ2n) is 5.74. The molecule has 0 spiro atoms. The van der Waals surface area contributed by atoms with Gasteiger partial charge >= 0.3 is 0 Å². The van der Waals surface area contributed by atoms with E-state index in [9.17, 15) is 4.79 Å². The van der Waals surface area contributed by atoms with Gasteiger partial charge in [-0.2, -0.15) is 0 Å². The molecular weight excluding hydrogens is 306 g/mol. The number of hydrogen-bond acceptors (Lipinski definition) is 7. The Kier molecular flexibility index (Phi) is 4.54. The summed E-state index contributed by atoms with van der Waals surface area (Å²) in [7, 11) is 1.58. The standard InChI is InChI=1S/C16H21N7O/c1-11-10-15(19-12(2)18-11)23-8-6-22(7-9-23)14-5-4-13(20-21-14)16(24)17-3/h4-5,10H,6-9H2,1-3H3,(H,17,24). The predicted molar refractivity (Wildman–Crippen MR) is 91.4 cm³/mol. The summed E-state index contributed by atoms with van der Waals surface area (Å²) < 4.78 is 0. The van der Waals surface area contributed by atoms with Crippen molar-refractivity contribution in [1.82, 2.24) is 25.5 Å². The van der Waals surface area contributed by atoms with E-state index in [2.05, 4.69) is 35.3 Å². The van der Waals surface area contributed by atoms with Crippen molar-refractivity contribution in [2.24, 2.45) is 0 Å². The molecule has 3 heterocycles. The number of aromatic nitrogens is 4. The molecule has 8 heteroatoms. The Bertz CT molecular complexity index is 703. The van der Waals surface area contributed by atoms with Crippen LogP contribution in [0, 0.1) is 13.8 Å². The van der Waals surface area contributed by atoms with E-state index in [-0.39, 0.29) is 5.91 Å². The van der Waals surface area contributed by atoms with Crippen molar-refractivity contribution in [3.8, 4) is 0 Å². The summed E-state index contributed by atoms with van der Waals surface area (Å²) >= 11 is 0. The van der Waals surface area contributed by atoms with Crippen molar-refractivity contribution in [3.05, 3.63) is 35.4 Å². The van der Waals surface area contributed by atoms with Gasteiger partial charge in [0.1, 0.15) is 11.6 Å². The van der Waals surface area contributed by atoms with Gasteiger partial charge in [-0.3, -0.25) is 4.79 Å². The van der Waals surface area contributed by atoms with Crippen LogP contribution in [-0.4, -0.2) is 59.3 Å². The molecule has 0 radical (unpaired) electrons. The highest BCUT2D eigenvalue weighted by atomic mass is 16.1. The number of carbonyl (C=O) groups excluding carboxylic acids is 1. The average molecular weight is 327 g/mol. The zero-order valence-electron chi connectivity index (χ0n) is 14.2. The number of anilines is 2. The SMILES string of the molecule is CNC(=O)c1ccc(N2CCN(c3cc(C)nc(C)n3)CC2)nn1. The van der Waals surface area contributed by atoms with Crippen LogP contribution in [0.3, 0.4) is 0 Å². The third-order valence-electron chi connectivity index (χ3n) is 3.99. The monoisotopic (exact) mass is 327 g/mol. The number of hydrogen-bond donors (Lipinski definition) is 1. The third-order valence-corrected chi connectivity index (χ3v) is 3.99. The number of nitrogens with one attached hydrogen (secondary N) is 1. The quantitative estimate of drug-likeness (QED) is 0.882. The molecule has 8 nitrogen and oxygen atoms in total. The van der Waals surface area contributed by atoms with Gasteiger partial charge in [-0.1, -0.05) is 0 Å². The van der Waals surface area contributed by atoms with Crippen molar-refractivity contribution in [3.63, 3.8) is 0 Å². The largest absolute Gasteiger partial charge is 0.354 e. The molecule has 2 aromatic heterocycles. The molecule has 0 aliphatic carbocycles. The van der Waals surface area contributed by atoms with Gasteiger partial charge in [0.05, 0.1) is 0 Å². The van der Waals surface area contributed by atoms with E-state index in [4.69, 9.17) is 0 Å². The first kappa shape index (κ1) is 16.1. The molecule has 0 unspecified atom stereocenters. The van der Waals surface area contributed by atoms with Gasteiger partial charge < -0.3 is 15.1 Å². The van der Waals surface area contributed by atoms with Crippen LogP contribution in [0.5, 0.6) is 0 Å². The van der Waals surface area contributed by atoms with E-state index >= 15 is 0 Å². The lowest BCUT2D eigenvalue weighted by Gasteiger charge is -2.35. The van der Waals surface area contributed by atoms with Gasteiger partial charge in [0.25, 0.3) is 5.91 Å². The maximum atomic E-state index is 11.5. The van der Waals surface area contributed by atoms with E-state index in [1.807, 2.05) is 26.0 Å². The van der Waals surface area contributed by atoms with Gasteiger partial charge in [-0.15, -0.1) is 10.2 Å². The second kappa shape index (κ2) is 6.77. The molecule has 1 N–H and O–H groups in total. The van der Waals surface area contributed by atoms with Crippen LogP contribution in [0.1, 0.15) is 22.0 Å². The van der Waals surface area contributed by atoms with Crippen LogP contribution in [0.4, 0.5) is 11.6 Å². The maximum absolute atomic E-state index is 11.5. The number of aryl methyl sites for hydroxylation is 2. The Labute approximate surface area is 140 Å². The predicted octanol–water partition coefficient (Wildman–Crippen LogP) is 0.570. The molecule has 3 rings (SSSR count). The third kappa shape index (κ3) is 3.42. The topological polar surface area (TPSA) is 87.1 Å². The first-order valence-electron chi connectivity index (χ1n) is 7.95. The minimum absolute atomic E-state index is 0.228. The van der Waals surface area contributed by atoms with E-state index in [1.54, 1.807) is 13.1 Å². The van der Waals surface area contributed by atoms with Crippen LogP contribution in [0.2, 0.25) is 0 Å². The fourth-order valence-electron chi connectivity index (χ4n) is 2.77. The van der Waals surface area contributed by atoms with Crippen molar-refractivity contribution in [2.75, 3.05) is 43.0 Å². The molecule has 1 amide bonds. The fourth-order valence-corrected chi connectivity index (χ4v) is 2.77. The molecule has 126 valence electrons. The number of piperazine rings is 1. The number of rotatable bonds is 3. The maximum Gasteiger partial charge on any atom is 0.271 e. The summed E-state index contributed by atoms with van der Waals surface area (Å²) in [4.78, 5) is 24.8. The lowest BCUT2D eigenvalue weighted by Crippen LogP contribution is -2.47. The highest BCUT2D eigenvalue weighted by molar-refractivity contribution is 5.91. The smallest absolute Gasteiger partial charge is 0.271 e. The molecular formula is C16H21N7O. The van der Waals surface area contributed by atoms with Crippen molar-refractivity contribution in [1.29, 1.82) is 0 Å². The molecule has 0 atom stereocenters. The lowest BCUT2D eigenvalue weighted by atomic mass is 10.3. The number of carbonyl (C=O) groups is 1. The molecule has 0 aromatic carbocycles. The Morgan fingerprint density at radius 1 is 1.00 bits per heavy atom. The zero-order valence-corrected chi connectivity index (χ0v) is 14.2. The molecule has 1 saturated heterocycles. The van der Waals surface area contributed by atoms with Crippen molar-refractivity contribution in [2.45, 2.75) is 13.8 Å². The van der Waals surface area contributed by atoms with Crippen LogP contribution < -0.4 is 15.1 Å². The fraction of sp³-hybridized carbons (Fsp3) is 0.438. The molecule has 0 saturated carbocycles. The molecule has 24 heavy (non-hydrogen) atoms. The molecule has 0 bridgehead atoms. The van der Waals surface area contributed by atoms with Gasteiger partial charge in [0.2, 0.25) is 0 Å². The lowest BCUT2D eigenvalue weighted by molar-refractivity contribution is 0.0957.